The van der Waals surface area contributed by atoms with Gasteiger partial charge in [0, 0.05) is 37.5 Å². The average Bonchev–Trinajstić information content (AvgIpc) is 2.79. The van der Waals surface area contributed by atoms with Crippen LogP contribution in [0.5, 0.6) is 5.75 Å². The van der Waals surface area contributed by atoms with Crippen molar-refractivity contribution in [2.45, 2.75) is 50.7 Å². The zero-order valence-electron chi connectivity index (χ0n) is 18.0. The first kappa shape index (κ1) is 20.0. The molecule has 5 heteroatoms. The summed E-state index contributed by atoms with van der Waals surface area (Å²) in [6.07, 6.45) is 6.37. The van der Waals surface area contributed by atoms with E-state index in [9.17, 15) is 4.79 Å². The van der Waals surface area contributed by atoms with Gasteiger partial charge in [0.25, 0.3) is 0 Å². The molecule has 5 rings (SSSR count). The largest absolute Gasteiger partial charge is 0.490 e. The molecule has 0 atom stereocenters. The monoisotopic (exact) mass is 415 g/mol. The van der Waals surface area contributed by atoms with E-state index in [4.69, 9.17) is 10.5 Å². The third kappa shape index (κ3) is 3.79. The first-order chi connectivity index (χ1) is 15.0. The lowest BCUT2D eigenvalue weighted by molar-refractivity contribution is -0.142. The second kappa shape index (κ2) is 7.97. The Morgan fingerprint density at radius 2 is 1.84 bits per heavy atom. The second-order valence-corrected chi connectivity index (χ2v) is 8.96. The van der Waals surface area contributed by atoms with Gasteiger partial charge in [-0.15, -0.1) is 0 Å². The number of likely N-dealkylation sites (tertiary alicyclic amines) is 1. The number of piperidine rings is 1. The standard InChI is InChI=1S/C26H29N3O2/c1-18-23(10-7-20-4-2-15-28-24(18)20)19-5-8-21(9-6-19)31-22-11-16-29(17-12-22)25(30)26(27)13-3-14-26/h2,4-10,15,22H,3,11-14,16-17,27H2,1H3. The van der Waals surface area contributed by atoms with Gasteiger partial charge >= 0.3 is 0 Å². The van der Waals surface area contributed by atoms with Crippen LogP contribution in [0.15, 0.2) is 54.7 Å². The molecule has 1 aliphatic heterocycles. The van der Waals surface area contributed by atoms with E-state index in [1.807, 2.05) is 29.3 Å². The smallest absolute Gasteiger partial charge is 0.242 e. The Bertz CT molecular complexity index is 1100. The minimum Gasteiger partial charge on any atom is -0.490 e. The molecule has 1 aliphatic carbocycles. The predicted molar refractivity (Wildman–Crippen MR) is 123 cm³/mol. The first-order valence-corrected chi connectivity index (χ1v) is 11.2. The molecule has 1 amide bonds. The minimum atomic E-state index is -0.597. The molecule has 2 heterocycles. The molecule has 1 saturated heterocycles. The van der Waals surface area contributed by atoms with Gasteiger partial charge in [-0.3, -0.25) is 9.78 Å². The summed E-state index contributed by atoms with van der Waals surface area (Å²) in [6.45, 7) is 3.58. The number of hydrogen-bond acceptors (Lipinski definition) is 4. The van der Waals surface area contributed by atoms with Gasteiger partial charge in [0.2, 0.25) is 5.91 Å². The van der Waals surface area contributed by atoms with Gasteiger partial charge in [0.15, 0.2) is 0 Å². The maximum atomic E-state index is 12.6. The summed E-state index contributed by atoms with van der Waals surface area (Å²) in [5.41, 5.74) is 10.2. The number of hydrogen-bond donors (Lipinski definition) is 1. The van der Waals surface area contributed by atoms with E-state index in [2.05, 4.69) is 42.2 Å². The van der Waals surface area contributed by atoms with E-state index < -0.39 is 5.54 Å². The minimum absolute atomic E-state index is 0.127. The molecule has 31 heavy (non-hydrogen) atoms. The maximum absolute atomic E-state index is 12.6. The maximum Gasteiger partial charge on any atom is 0.242 e. The fraction of sp³-hybridized carbons (Fsp3) is 0.385. The highest BCUT2D eigenvalue weighted by atomic mass is 16.5. The van der Waals surface area contributed by atoms with Crippen LogP contribution in [-0.4, -0.2) is 40.5 Å². The number of rotatable bonds is 4. The Kier molecular flexibility index (Phi) is 5.14. The molecular weight excluding hydrogens is 386 g/mol. The van der Waals surface area contributed by atoms with E-state index in [0.29, 0.717) is 0 Å². The quantitative estimate of drug-likeness (QED) is 0.683. The molecule has 0 bridgehead atoms. The fourth-order valence-electron chi connectivity index (χ4n) is 4.77. The molecule has 2 N–H and O–H groups in total. The van der Waals surface area contributed by atoms with Crippen LogP contribution >= 0.6 is 0 Å². The Balaban J connectivity index is 1.23. The SMILES string of the molecule is Cc1c(-c2ccc(OC3CCN(C(=O)C4(N)CCC4)CC3)cc2)ccc2cccnc12. The summed E-state index contributed by atoms with van der Waals surface area (Å²) in [5, 5.41) is 1.16. The van der Waals surface area contributed by atoms with Gasteiger partial charge in [-0.2, -0.15) is 0 Å². The summed E-state index contributed by atoms with van der Waals surface area (Å²) in [4.78, 5) is 19.1. The van der Waals surface area contributed by atoms with E-state index in [1.54, 1.807) is 0 Å². The molecule has 1 aromatic heterocycles. The normalized spacial score (nSPS) is 18.6. The number of pyridine rings is 1. The lowest BCUT2D eigenvalue weighted by atomic mass is 9.76. The molecule has 1 saturated carbocycles. The molecule has 2 aromatic carbocycles. The number of aryl methyl sites for hydroxylation is 1. The number of amides is 1. The van der Waals surface area contributed by atoms with Crippen molar-refractivity contribution in [3.63, 3.8) is 0 Å². The Hall–Kier alpha value is -2.92. The number of ether oxygens (including phenoxy) is 1. The zero-order valence-corrected chi connectivity index (χ0v) is 18.0. The number of fused-ring (bicyclic) bond motifs is 1. The molecular formula is C26H29N3O2. The lowest BCUT2D eigenvalue weighted by Crippen LogP contribution is -2.61. The Labute approximate surface area is 183 Å². The van der Waals surface area contributed by atoms with Crippen LogP contribution in [0.3, 0.4) is 0 Å². The molecule has 160 valence electrons. The summed E-state index contributed by atoms with van der Waals surface area (Å²) in [5.74, 6) is 1.00. The van der Waals surface area contributed by atoms with E-state index >= 15 is 0 Å². The van der Waals surface area contributed by atoms with Crippen LogP contribution in [0.25, 0.3) is 22.0 Å². The van der Waals surface area contributed by atoms with Crippen LogP contribution in [0.2, 0.25) is 0 Å². The van der Waals surface area contributed by atoms with Gasteiger partial charge in [0.1, 0.15) is 11.9 Å². The molecule has 5 nitrogen and oxygen atoms in total. The highest BCUT2D eigenvalue weighted by molar-refractivity contribution is 5.88. The van der Waals surface area contributed by atoms with Crippen molar-refractivity contribution in [2.24, 2.45) is 5.73 Å². The van der Waals surface area contributed by atoms with Crippen LogP contribution in [0.1, 0.15) is 37.7 Å². The molecule has 0 spiro atoms. The van der Waals surface area contributed by atoms with E-state index in [-0.39, 0.29) is 12.0 Å². The van der Waals surface area contributed by atoms with Crippen LogP contribution in [-0.2, 0) is 4.79 Å². The number of carbonyl (C=O) groups excluding carboxylic acids is 1. The highest BCUT2D eigenvalue weighted by Crippen LogP contribution is 2.33. The third-order valence-electron chi connectivity index (χ3n) is 6.90. The second-order valence-electron chi connectivity index (χ2n) is 8.96. The van der Waals surface area contributed by atoms with Gasteiger partial charge in [0.05, 0.1) is 11.1 Å². The predicted octanol–water partition coefficient (Wildman–Crippen LogP) is 4.46. The van der Waals surface area contributed by atoms with Gasteiger partial charge < -0.3 is 15.4 Å². The molecule has 2 aliphatic rings. The Morgan fingerprint density at radius 3 is 2.52 bits per heavy atom. The van der Waals surface area contributed by atoms with Crippen LogP contribution in [0, 0.1) is 6.92 Å². The summed E-state index contributed by atoms with van der Waals surface area (Å²) in [7, 11) is 0. The molecule has 0 unspecified atom stereocenters. The molecule has 0 radical (unpaired) electrons. The van der Waals surface area contributed by atoms with Crippen molar-refractivity contribution in [3.05, 3.63) is 60.3 Å². The number of nitrogens with zero attached hydrogens (tertiary/aromatic N) is 2. The van der Waals surface area contributed by atoms with Gasteiger partial charge in [-0.05, 0) is 61.1 Å². The average molecular weight is 416 g/mol. The number of aromatic nitrogens is 1. The van der Waals surface area contributed by atoms with Crippen molar-refractivity contribution >= 4 is 16.8 Å². The fourth-order valence-corrected chi connectivity index (χ4v) is 4.77. The van der Waals surface area contributed by atoms with Crippen molar-refractivity contribution in [2.75, 3.05) is 13.1 Å². The third-order valence-corrected chi connectivity index (χ3v) is 6.90. The highest BCUT2D eigenvalue weighted by Gasteiger charge is 2.43. The van der Waals surface area contributed by atoms with Crippen molar-refractivity contribution in [1.82, 2.24) is 9.88 Å². The van der Waals surface area contributed by atoms with Crippen LogP contribution < -0.4 is 10.5 Å². The zero-order chi connectivity index (χ0) is 21.4. The number of carbonyl (C=O) groups is 1. The number of benzene rings is 2. The molecule has 2 fully saturated rings. The van der Waals surface area contributed by atoms with Crippen molar-refractivity contribution < 1.29 is 9.53 Å². The number of nitrogens with two attached hydrogens (primary N) is 1. The van der Waals surface area contributed by atoms with E-state index in [0.717, 1.165) is 67.4 Å². The summed E-state index contributed by atoms with van der Waals surface area (Å²) >= 11 is 0. The summed E-state index contributed by atoms with van der Waals surface area (Å²) in [6, 6.07) is 16.6. The summed E-state index contributed by atoms with van der Waals surface area (Å²) < 4.78 is 6.22. The topological polar surface area (TPSA) is 68.5 Å². The van der Waals surface area contributed by atoms with Crippen LogP contribution in [0.4, 0.5) is 0 Å². The molecule has 3 aromatic rings. The first-order valence-electron chi connectivity index (χ1n) is 11.2. The Morgan fingerprint density at radius 1 is 1.10 bits per heavy atom. The van der Waals surface area contributed by atoms with Crippen molar-refractivity contribution in [1.29, 1.82) is 0 Å². The van der Waals surface area contributed by atoms with Gasteiger partial charge in [-0.25, -0.2) is 0 Å². The lowest BCUT2D eigenvalue weighted by Gasteiger charge is -2.42. The van der Waals surface area contributed by atoms with Crippen molar-refractivity contribution in [3.8, 4) is 16.9 Å². The van der Waals surface area contributed by atoms with Gasteiger partial charge in [-0.1, -0.05) is 30.3 Å². The van der Waals surface area contributed by atoms with E-state index in [1.165, 1.54) is 11.1 Å².